The molecule has 7 heteroatoms. The first kappa shape index (κ1) is 23.4. The van der Waals surface area contributed by atoms with Crippen LogP contribution in [0.25, 0.3) is 0 Å². The third kappa shape index (κ3) is 5.90. The molecule has 0 aliphatic rings. The second-order valence-electron chi connectivity index (χ2n) is 6.66. The maximum atomic E-state index is 14.2. The van der Waals surface area contributed by atoms with E-state index in [-0.39, 0.29) is 16.4 Å². The second-order valence-corrected chi connectivity index (χ2v) is 10.7. The Morgan fingerprint density at radius 3 is 2.13 bits per heavy atom. The van der Waals surface area contributed by atoms with Crippen LogP contribution in [0.15, 0.2) is 99.6 Å². The van der Waals surface area contributed by atoms with Crippen molar-refractivity contribution in [2.45, 2.75) is 18.7 Å². The lowest BCUT2D eigenvalue weighted by Gasteiger charge is -2.23. The van der Waals surface area contributed by atoms with Gasteiger partial charge in [0.1, 0.15) is 9.80 Å². The van der Waals surface area contributed by atoms with Gasteiger partial charge in [0.25, 0.3) is 13.3 Å². The normalized spacial score (nSPS) is 13.8. The van der Waals surface area contributed by atoms with Gasteiger partial charge in [0.15, 0.2) is 0 Å². The van der Waals surface area contributed by atoms with Gasteiger partial charge >= 0.3 is 0 Å². The van der Waals surface area contributed by atoms with Crippen molar-refractivity contribution in [2.75, 3.05) is 6.61 Å². The van der Waals surface area contributed by atoms with E-state index in [0.29, 0.717) is 10.9 Å². The van der Waals surface area contributed by atoms with Crippen molar-refractivity contribution in [3.63, 3.8) is 0 Å². The van der Waals surface area contributed by atoms with Gasteiger partial charge < -0.3 is 9.84 Å². The molecule has 0 heterocycles. The van der Waals surface area contributed by atoms with Crippen LogP contribution in [0.5, 0.6) is 0 Å². The Balaban J connectivity index is 2.08. The van der Waals surface area contributed by atoms with E-state index in [1.165, 1.54) is 11.8 Å². The number of benzene rings is 3. The van der Waals surface area contributed by atoms with Crippen molar-refractivity contribution in [3.05, 3.63) is 106 Å². The van der Waals surface area contributed by atoms with Crippen LogP contribution in [0, 0.1) is 6.92 Å². The Hall–Kier alpha value is -2.30. The summed E-state index contributed by atoms with van der Waals surface area (Å²) in [6.45, 7) is 3.94. The summed E-state index contributed by atoms with van der Waals surface area (Å²) < 4.78 is 20.1. The van der Waals surface area contributed by atoms with E-state index >= 15 is 0 Å². The minimum absolute atomic E-state index is 0.0710. The molecular weight excluding hydrogens is 449 g/mol. The number of thioether (sulfide) groups is 1. The zero-order valence-corrected chi connectivity index (χ0v) is 19.7. The van der Waals surface area contributed by atoms with Gasteiger partial charge in [-0.05, 0) is 50.2 Å². The summed E-state index contributed by atoms with van der Waals surface area (Å²) in [7, 11) is -3.66. The van der Waals surface area contributed by atoms with Crippen molar-refractivity contribution in [3.8, 4) is 0 Å². The van der Waals surface area contributed by atoms with Crippen molar-refractivity contribution < 1.29 is 13.9 Å². The lowest BCUT2D eigenvalue weighted by Crippen LogP contribution is -2.26. The Morgan fingerprint density at radius 2 is 1.55 bits per heavy atom. The molecule has 0 saturated heterocycles. The van der Waals surface area contributed by atoms with Gasteiger partial charge in [0.2, 0.25) is 0 Å². The van der Waals surface area contributed by atoms with Gasteiger partial charge in [0.05, 0.1) is 6.61 Å². The zero-order valence-electron chi connectivity index (χ0n) is 17.2. The molecular formula is C24H23ClNO3PS. The van der Waals surface area contributed by atoms with E-state index in [4.69, 9.17) is 16.1 Å². The van der Waals surface area contributed by atoms with Crippen LogP contribution < -0.4 is 10.6 Å². The zero-order chi connectivity index (χ0) is 22.3. The van der Waals surface area contributed by atoms with Crippen molar-refractivity contribution in [2.24, 2.45) is 0 Å². The smallest absolute Gasteiger partial charge is 0.279 e. The molecule has 0 fully saturated rings. The predicted molar refractivity (Wildman–Crippen MR) is 129 cm³/mol. The van der Waals surface area contributed by atoms with E-state index in [9.17, 15) is 9.36 Å². The second kappa shape index (κ2) is 10.8. The van der Waals surface area contributed by atoms with Crippen LogP contribution in [0.3, 0.4) is 0 Å². The molecule has 0 aromatic heterocycles. The molecule has 0 aliphatic heterocycles. The summed E-state index contributed by atoms with van der Waals surface area (Å²) in [4.78, 5) is 13.8. The molecule has 3 aromatic carbocycles. The lowest BCUT2D eigenvalue weighted by molar-refractivity contribution is 0.0967. The summed E-state index contributed by atoms with van der Waals surface area (Å²) in [5, 5.41) is 3.25. The molecule has 31 heavy (non-hydrogen) atoms. The van der Waals surface area contributed by atoms with Crippen LogP contribution in [-0.2, 0) is 9.09 Å². The number of nitrogens with one attached hydrogen (secondary N) is 1. The third-order valence-corrected chi connectivity index (χ3v) is 8.50. The fourth-order valence-electron chi connectivity index (χ4n) is 2.84. The minimum Gasteiger partial charge on any atom is -0.321 e. The summed E-state index contributed by atoms with van der Waals surface area (Å²) in [5.74, 6) is -0.408. The first-order chi connectivity index (χ1) is 14.9. The average molecular weight is 472 g/mol. The number of carbonyl (C=O) groups excluding carboxylic acids is 1. The summed E-state index contributed by atoms with van der Waals surface area (Å²) in [6, 6.07) is 25.3. The van der Waals surface area contributed by atoms with Gasteiger partial charge in [-0.3, -0.25) is 9.36 Å². The van der Waals surface area contributed by atoms with E-state index in [1.54, 1.807) is 55.5 Å². The number of hydrogen-bond acceptors (Lipinski definition) is 4. The SMILES string of the molecule is CCOP(=O)(C(NC(=O)c1ccccc1)=C(Cl)Sc1ccc(C)cc1)c1ccccc1. The maximum absolute atomic E-state index is 14.2. The standard InChI is InChI=1S/C24H23ClNO3PS/c1-3-29-30(28,20-12-8-5-9-13-20)24(26-23(27)19-10-6-4-7-11-19)22(25)31-21-16-14-18(2)15-17-21/h4-17H,3H2,1-2H3,(H,26,27). The number of carbonyl (C=O) groups is 1. The van der Waals surface area contributed by atoms with Crippen LogP contribution >= 0.6 is 30.7 Å². The Bertz CT molecular complexity index is 1100. The van der Waals surface area contributed by atoms with E-state index < -0.39 is 13.3 Å². The van der Waals surface area contributed by atoms with Gasteiger partial charge in [-0.2, -0.15) is 0 Å². The number of halogens is 1. The molecule has 1 unspecified atom stereocenters. The minimum atomic E-state index is -3.66. The fourth-order valence-corrected chi connectivity index (χ4v) is 6.56. The van der Waals surface area contributed by atoms with Crippen molar-refractivity contribution in [1.82, 2.24) is 5.32 Å². The van der Waals surface area contributed by atoms with Gasteiger partial charge in [-0.15, -0.1) is 0 Å². The first-order valence-corrected chi connectivity index (χ1v) is 12.6. The molecule has 1 atom stereocenters. The van der Waals surface area contributed by atoms with Crippen LogP contribution in [-0.4, -0.2) is 12.5 Å². The molecule has 0 radical (unpaired) electrons. The van der Waals surface area contributed by atoms with Crippen LogP contribution in [0.1, 0.15) is 22.8 Å². The summed E-state index contributed by atoms with van der Waals surface area (Å²) in [6.07, 6.45) is 0. The van der Waals surface area contributed by atoms with Gasteiger partial charge in [0, 0.05) is 15.8 Å². The van der Waals surface area contributed by atoms with Crippen LogP contribution in [0.4, 0.5) is 0 Å². The third-order valence-electron chi connectivity index (χ3n) is 4.38. The molecule has 160 valence electrons. The highest BCUT2D eigenvalue weighted by molar-refractivity contribution is 8.05. The monoisotopic (exact) mass is 471 g/mol. The number of hydrogen-bond donors (Lipinski definition) is 1. The summed E-state index contributed by atoms with van der Waals surface area (Å²) in [5.41, 5.74) is 1.62. The lowest BCUT2D eigenvalue weighted by atomic mass is 10.2. The average Bonchev–Trinajstić information content (AvgIpc) is 2.80. The van der Waals surface area contributed by atoms with E-state index in [2.05, 4.69) is 5.32 Å². The molecule has 0 aliphatic carbocycles. The van der Waals surface area contributed by atoms with Crippen molar-refractivity contribution in [1.29, 1.82) is 0 Å². The quantitative estimate of drug-likeness (QED) is 0.300. The highest BCUT2D eigenvalue weighted by atomic mass is 35.5. The highest BCUT2D eigenvalue weighted by Crippen LogP contribution is 2.56. The molecule has 4 nitrogen and oxygen atoms in total. The number of aryl methyl sites for hydroxylation is 1. The molecule has 0 bridgehead atoms. The summed E-state index contributed by atoms with van der Waals surface area (Å²) >= 11 is 7.92. The Kier molecular flexibility index (Phi) is 8.16. The predicted octanol–water partition coefficient (Wildman–Crippen LogP) is 6.52. The fraction of sp³-hybridized carbons (Fsp3) is 0.125. The van der Waals surface area contributed by atoms with Gasteiger partial charge in [-0.1, -0.05) is 77.5 Å². The molecule has 3 rings (SSSR count). The van der Waals surface area contributed by atoms with E-state index in [0.717, 1.165) is 10.5 Å². The molecule has 3 aromatic rings. The largest absolute Gasteiger partial charge is 0.321 e. The van der Waals surface area contributed by atoms with Crippen LogP contribution in [0.2, 0.25) is 0 Å². The first-order valence-electron chi connectivity index (χ1n) is 9.75. The molecule has 0 spiro atoms. The molecule has 1 N–H and O–H groups in total. The molecule has 1 amide bonds. The Labute approximate surface area is 192 Å². The number of amides is 1. The topological polar surface area (TPSA) is 55.4 Å². The molecule has 0 saturated carbocycles. The van der Waals surface area contributed by atoms with Gasteiger partial charge in [-0.25, -0.2) is 0 Å². The van der Waals surface area contributed by atoms with E-state index in [1.807, 2.05) is 43.3 Å². The Morgan fingerprint density at radius 1 is 0.968 bits per heavy atom. The van der Waals surface area contributed by atoms with Crippen molar-refractivity contribution >= 4 is 41.9 Å². The highest BCUT2D eigenvalue weighted by Gasteiger charge is 2.35. The maximum Gasteiger partial charge on any atom is 0.279 e. The number of rotatable bonds is 8.